The molecule has 0 radical (unpaired) electrons. The van der Waals surface area contributed by atoms with Gasteiger partial charge in [-0.3, -0.25) is 9.59 Å². The number of piperidine rings is 1. The number of benzene rings is 2. The summed E-state index contributed by atoms with van der Waals surface area (Å²) in [6, 6.07) is 15.8. The van der Waals surface area contributed by atoms with Crippen LogP contribution in [0, 0.1) is 0 Å². The lowest BCUT2D eigenvalue weighted by atomic mass is 10.0. The molecule has 1 fully saturated rings. The Kier molecular flexibility index (Phi) is 5.70. The number of para-hydroxylation sites is 1. The molecule has 0 saturated carbocycles. The number of pyridine rings is 1. The molecule has 5 rings (SSSR count). The Morgan fingerprint density at radius 3 is 2.65 bits per heavy atom. The fraction of sp³-hybridized carbons (Fsp3) is 0.280. The molecule has 1 atom stereocenters. The molecule has 4 aromatic rings. The first-order valence-corrected chi connectivity index (χ1v) is 11.2. The number of likely N-dealkylation sites (N-methyl/N-ethyl adjacent to an activating group) is 1. The van der Waals surface area contributed by atoms with E-state index in [1.807, 2.05) is 19.0 Å². The van der Waals surface area contributed by atoms with Gasteiger partial charge in [-0.25, -0.2) is 4.68 Å². The van der Waals surface area contributed by atoms with E-state index in [0.717, 1.165) is 25.9 Å². The molecule has 0 aliphatic carbocycles. The summed E-state index contributed by atoms with van der Waals surface area (Å²) in [5, 5.41) is 8.77. The van der Waals surface area contributed by atoms with Gasteiger partial charge in [-0.2, -0.15) is 0 Å². The van der Waals surface area contributed by atoms with E-state index in [4.69, 9.17) is 0 Å². The molecule has 0 unspecified atom stereocenters. The number of fused-ring (bicyclic) bond motifs is 1. The number of likely N-dealkylation sites (tertiary alicyclic amines) is 1. The molecule has 0 bridgehead atoms. The van der Waals surface area contributed by atoms with Crippen molar-refractivity contribution in [2.75, 3.05) is 27.2 Å². The highest BCUT2D eigenvalue weighted by Gasteiger charge is 2.25. The summed E-state index contributed by atoms with van der Waals surface area (Å²) in [5.74, 6) is 0.0111. The monoisotopic (exact) mass is 460 g/mol. The van der Waals surface area contributed by atoms with Crippen molar-refractivity contribution in [1.82, 2.24) is 29.6 Å². The van der Waals surface area contributed by atoms with Crippen LogP contribution in [-0.2, 0) is 0 Å². The Hall–Kier alpha value is -3.85. The van der Waals surface area contributed by atoms with Crippen molar-refractivity contribution in [3.8, 4) is 16.9 Å². The lowest BCUT2D eigenvalue weighted by Gasteiger charge is -2.36. The van der Waals surface area contributed by atoms with Crippen LogP contribution in [0.4, 0.5) is 4.48 Å². The third-order valence-corrected chi connectivity index (χ3v) is 6.42. The molecule has 1 aliphatic heterocycles. The summed E-state index contributed by atoms with van der Waals surface area (Å²) in [5.41, 5.74) is 1.10. The van der Waals surface area contributed by atoms with Crippen LogP contribution in [0.25, 0.3) is 27.8 Å². The van der Waals surface area contributed by atoms with Crippen molar-refractivity contribution in [2.24, 2.45) is 0 Å². The number of hydrogen-bond donors (Lipinski definition) is 0. The van der Waals surface area contributed by atoms with E-state index in [0.29, 0.717) is 22.7 Å². The summed E-state index contributed by atoms with van der Waals surface area (Å²) in [7, 11) is 4.08. The van der Waals surface area contributed by atoms with Gasteiger partial charge >= 0.3 is 0 Å². The highest BCUT2D eigenvalue weighted by Crippen LogP contribution is 2.21. The van der Waals surface area contributed by atoms with E-state index < -0.39 is 5.56 Å². The van der Waals surface area contributed by atoms with Gasteiger partial charge in [0.25, 0.3) is 11.5 Å². The van der Waals surface area contributed by atoms with Gasteiger partial charge in [0.1, 0.15) is 5.69 Å². The quantitative estimate of drug-likeness (QED) is 0.468. The SMILES string of the molecule is CN(C)[C@H]1CCCN(C(=O)c2ccc(-n3cc(-c4cc5ccccc5n(F)c4=O)nn3)cc2)C1. The minimum Gasteiger partial charge on any atom is -0.337 e. The van der Waals surface area contributed by atoms with Gasteiger partial charge in [0.2, 0.25) is 0 Å². The number of amides is 1. The first kappa shape index (κ1) is 22.0. The number of carbonyl (C=O) groups excluding carboxylic acids is 1. The summed E-state index contributed by atoms with van der Waals surface area (Å²) in [4.78, 5) is 29.7. The third kappa shape index (κ3) is 3.99. The van der Waals surface area contributed by atoms with Crippen LogP contribution in [0.1, 0.15) is 23.2 Å². The number of rotatable bonds is 4. The number of aromatic nitrogens is 4. The largest absolute Gasteiger partial charge is 0.337 e. The Morgan fingerprint density at radius 1 is 1.12 bits per heavy atom. The van der Waals surface area contributed by atoms with E-state index in [1.54, 1.807) is 60.8 Å². The highest BCUT2D eigenvalue weighted by molar-refractivity contribution is 5.94. The van der Waals surface area contributed by atoms with Gasteiger partial charge in [0.15, 0.2) is 0 Å². The van der Waals surface area contributed by atoms with E-state index in [2.05, 4.69) is 15.2 Å². The smallest absolute Gasteiger partial charge is 0.288 e. The van der Waals surface area contributed by atoms with E-state index in [1.165, 1.54) is 4.68 Å². The zero-order valence-corrected chi connectivity index (χ0v) is 19.1. The van der Waals surface area contributed by atoms with Gasteiger partial charge in [0.05, 0.1) is 23.0 Å². The van der Waals surface area contributed by atoms with Gasteiger partial charge in [0, 0.05) is 30.1 Å². The topological polar surface area (TPSA) is 76.3 Å². The molecule has 1 saturated heterocycles. The predicted octanol–water partition coefficient (Wildman–Crippen LogP) is 3.15. The molecular weight excluding hydrogens is 435 g/mol. The summed E-state index contributed by atoms with van der Waals surface area (Å²) >= 11 is 0. The lowest BCUT2D eigenvalue weighted by molar-refractivity contribution is 0.0635. The number of halogens is 1. The molecule has 1 aliphatic rings. The van der Waals surface area contributed by atoms with Crippen LogP contribution in [0.3, 0.4) is 0 Å². The maximum atomic E-state index is 14.5. The normalized spacial score (nSPS) is 16.4. The molecule has 9 heteroatoms. The Balaban J connectivity index is 1.38. The van der Waals surface area contributed by atoms with Crippen molar-refractivity contribution in [2.45, 2.75) is 18.9 Å². The minimum absolute atomic E-state index is 0.0111. The zero-order chi connectivity index (χ0) is 23.8. The van der Waals surface area contributed by atoms with Crippen LogP contribution in [-0.4, -0.2) is 68.7 Å². The Morgan fingerprint density at radius 2 is 1.88 bits per heavy atom. The average molecular weight is 461 g/mol. The van der Waals surface area contributed by atoms with Crippen LogP contribution in [0.5, 0.6) is 0 Å². The second kappa shape index (κ2) is 8.83. The second-order valence-corrected chi connectivity index (χ2v) is 8.81. The van der Waals surface area contributed by atoms with Crippen LogP contribution in [0.2, 0.25) is 0 Å². The van der Waals surface area contributed by atoms with E-state index >= 15 is 0 Å². The number of hydrogen-bond acceptors (Lipinski definition) is 5. The second-order valence-electron chi connectivity index (χ2n) is 8.81. The van der Waals surface area contributed by atoms with Crippen molar-refractivity contribution >= 4 is 16.8 Å². The lowest BCUT2D eigenvalue weighted by Crippen LogP contribution is -2.47. The molecule has 2 aromatic carbocycles. The first-order valence-electron chi connectivity index (χ1n) is 11.2. The van der Waals surface area contributed by atoms with Crippen molar-refractivity contribution < 1.29 is 9.28 Å². The highest BCUT2D eigenvalue weighted by atomic mass is 19.2. The summed E-state index contributed by atoms with van der Waals surface area (Å²) in [6.07, 6.45) is 3.66. The molecule has 0 spiro atoms. The van der Waals surface area contributed by atoms with Gasteiger partial charge in [-0.1, -0.05) is 27.9 Å². The molecule has 8 nitrogen and oxygen atoms in total. The fourth-order valence-electron chi connectivity index (χ4n) is 4.42. The molecule has 3 heterocycles. The minimum atomic E-state index is -0.788. The van der Waals surface area contributed by atoms with Crippen LogP contribution in [0.15, 0.2) is 65.6 Å². The number of nitrogens with zero attached hydrogens (tertiary/aromatic N) is 6. The van der Waals surface area contributed by atoms with Crippen LogP contribution >= 0.6 is 0 Å². The van der Waals surface area contributed by atoms with Gasteiger partial charge < -0.3 is 9.80 Å². The molecule has 174 valence electrons. The van der Waals surface area contributed by atoms with E-state index in [9.17, 15) is 14.1 Å². The van der Waals surface area contributed by atoms with Gasteiger partial charge in [-0.15, -0.1) is 9.89 Å². The van der Waals surface area contributed by atoms with Crippen molar-refractivity contribution in [3.05, 3.63) is 76.7 Å². The molecular formula is C25H25FN6O2. The first-order chi connectivity index (χ1) is 16.4. The molecule has 34 heavy (non-hydrogen) atoms. The standard InChI is InChI=1S/C25H25FN6O2/c1-29(2)20-7-5-13-30(15-20)24(33)17-9-11-19(12-10-17)31-16-22(27-28-31)21-14-18-6-3-4-8-23(18)32(26)25(21)34/h3-4,6,8-12,14,16,20H,5,7,13,15H2,1-2H3/t20-/m0/s1. The zero-order valence-electron chi connectivity index (χ0n) is 19.1. The van der Waals surface area contributed by atoms with Crippen LogP contribution < -0.4 is 5.56 Å². The molecule has 1 amide bonds. The predicted molar refractivity (Wildman–Crippen MR) is 128 cm³/mol. The summed E-state index contributed by atoms with van der Waals surface area (Å²) in [6.45, 7) is 1.48. The maximum Gasteiger partial charge on any atom is 0.288 e. The van der Waals surface area contributed by atoms with Crippen molar-refractivity contribution in [1.29, 1.82) is 0 Å². The molecule has 2 aromatic heterocycles. The van der Waals surface area contributed by atoms with Crippen molar-refractivity contribution in [3.63, 3.8) is 0 Å². The summed E-state index contributed by atoms with van der Waals surface area (Å²) < 4.78 is 16.0. The fourth-order valence-corrected chi connectivity index (χ4v) is 4.42. The Labute approximate surface area is 195 Å². The maximum absolute atomic E-state index is 14.5. The van der Waals surface area contributed by atoms with E-state index in [-0.39, 0.29) is 27.5 Å². The third-order valence-electron chi connectivity index (χ3n) is 6.42. The van der Waals surface area contributed by atoms with Gasteiger partial charge in [-0.05, 0) is 63.3 Å². The number of carbonyl (C=O) groups is 1. The molecule has 0 N–H and O–H groups in total. The Bertz CT molecular complexity index is 1410. The average Bonchev–Trinajstić information content (AvgIpc) is 3.36.